The third kappa shape index (κ3) is 5.48. The second-order valence-corrected chi connectivity index (χ2v) is 8.05. The molecule has 1 unspecified atom stereocenters. The van der Waals surface area contributed by atoms with Crippen molar-refractivity contribution in [3.8, 4) is 0 Å². The number of hydrogen-bond acceptors (Lipinski definition) is 3. The topological polar surface area (TPSA) is 58.2 Å². The molecule has 0 aliphatic heterocycles. The van der Waals surface area contributed by atoms with Gasteiger partial charge in [-0.25, -0.2) is 0 Å². The van der Waals surface area contributed by atoms with E-state index in [2.05, 4.69) is 10.6 Å². The molecule has 4 nitrogen and oxygen atoms in total. The predicted molar refractivity (Wildman–Crippen MR) is 120 cm³/mol. The Balaban J connectivity index is 1.90. The van der Waals surface area contributed by atoms with Crippen LogP contribution in [0.5, 0.6) is 0 Å². The van der Waals surface area contributed by atoms with E-state index >= 15 is 0 Å². The summed E-state index contributed by atoms with van der Waals surface area (Å²) in [6.07, 6.45) is 0. The molecule has 148 valence electrons. The summed E-state index contributed by atoms with van der Waals surface area (Å²) < 4.78 is 0. The molecule has 0 spiro atoms. The lowest BCUT2D eigenvalue weighted by atomic mass is 10.1. The number of amides is 2. The van der Waals surface area contributed by atoms with Crippen molar-refractivity contribution >= 4 is 35.0 Å². The lowest BCUT2D eigenvalue weighted by Crippen LogP contribution is -2.20. The number of carbonyl (C=O) groups excluding carboxylic acids is 2. The maximum atomic E-state index is 13.3. The van der Waals surface area contributed by atoms with Gasteiger partial charge < -0.3 is 10.6 Å². The lowest BCUT2D eigenvalue weighted by molar-refractivity contribution is -0.116. The molecule has 0 aliphatic rings. The molecule has 0 saturated carbocycles. The fraction of sp³-hybridized carbons (Fsp3) is 0.167. The van der Waals surface area contributed by atoms with Gasteiger partial charge in [-0.15, -0.1) is 11.8 Å². The Hall–Kier alpha value is -3.05. The minimum Gasteiger partial charge on any atom is -0.326 e. The highest BCUT2D eigenvalue weighted by Crippen LogP contribution is 2.37. The Morgan fingerprint density at radius 3 is 2.14 bits per heavy atom. The van der Waals surface area contributed by atoms with Crippen LogP contribution in [-0.4, -0.2) is 11.8 Å². The van der Waals surface area contributed by atoms with E-state index in [1.807, 2.05) is 86.6 Å². The molecule has 2 amide bonds. The van der Waals surface area contributed by atoms with E-state index < -0.39 is 5.25 Å². The van der Waals surface area contributed by atoms with Crippen molar-refractivity contribution in [1.82, 2.24) is 0 Å². The molecule has 1 atom stereocenters. The van der Waals surface area contributed by atoms with E-state index in [9.17, 15) is 9.59 Å². The summed E-state index contributed by atoms with van der Waals surface area (Å²) in [7, 11) is 0. The fourth-order valence-corrected chi connectivity index (χ4v) is 4.17. The van der Waals surface area contributed by atoms with Crippen LogP contribution in [0.25, 0.3) is 0 Å². The van der Waals surface area contributed by atoms with Crippen LogP contribution in [0.4, 0.5) is 11.4 Å². The van der Waals surface area contributed by atoms with Gasteiger partial charge in [-0.1, -0.05) is 54.6 Å². The molecule has 3 aromatic carbocycles. The van der Waals surface area contributed by atoms with Gasteiger partial charge in [0.1, 0.15) is 5.25 Å². The molecule has 0 bridgehead atoms. The number of aryl methyl sites for hydroxylation is 2. The van der Waals surface area contributed by atoms with Crippen molar-refractivity contribution < 1.29 is 9.59 Å². The molecule has 2 N–H and O–H groups in total. The average Bonchev–Trinajstić information content (AvgIpc) is 2.69. The van der Waals surface area contributed by atoms with Crippen molar-refractivity contribution in [1.29, 1.82) is 0 Å². The smallest absolute Gasteiger partial charge is 0.242 e. The number of anilines is 2. The molecular formula is C24H24N2O2S. The van der Waals surface area contributed by atoms with Crippen LogP contribution >= 0.6 is 11.8 Å². The largest absolute Gasteiger partial charge is 0.326 e. The first-order valence-electron chi connectivity index (χ1n) is 9.40. The van der Waals surface area contributed by atoms with Crippen molar-refractivity contribution in [3.05, 3.63) is 89.5 Å². The zero-order valence-corrected chi connectivity index (χ0v) is 17.5. The lowest BCUT2D eigenvalue weighted by Gasteiger charge is -2.19. The fourth-order valence-electron chi connectivity index (χ4n) is 3.09. The van der Waals surface area contributed by atoms with Crippen LogP contribution in [-0.2, 0) is 9.59 Å². The van der Waals surface area contributed by atoms with Gasteiger partial charge in [-0.3, -0.25) is 9.59 Å². The Morgan fingerprint density at radius 1 is 0.828 bits per heavy atom. The van der Waals surface area contributed by atoms with Crippen molar-refractivity contribution in [3.63, 3.8) is 0 Å². The van der Waals surface area contributed by atoms with E-state index in [0.29, 0.717) is 5.69 Å². The van der Waals surface area contributed by atoms with E-state index in [1.54, 1.807) is 0 Å². The Morgan fingerprint density at radius 2 is 1.48 bits per heavy atom. The third-order valence-corrected chi connectivity index (χ3v) is 5.73. The first-order chi connectivity index (χ1) is 13.9. The van der Waals surface area contributed by atoms with E-state index in [1.165, 1.54) is 18.7 Å². The summed E-state index contributed by atoms with van der Waals surface area (Å²) in [5, 5.41) is 5.48. The number of para-hydroxylation sites is 1. The highest BCUT2D eigenvalue weighted by Gasteiger charge is 2.23. The Bertz CT molecular complexity index is 998. The first kappa shape index (κ1) is 20.7. The van der Waals surface area contributed by atoms with Gasteiger partial charge in [0.15, 0.2) is 0 Å². The Kier molecular flexibility index (Phi) is 6.73. The van der Waals surface area contributed by atoms with E-state index in [-0.39, 0.29) is 11.8 Å². The summed E-state index contributed by atoms with van der Waals surface area (Å²) in [5.74, 6) is -0.205. The Labute approximate surface area is 175 Å². The molecule has 0 heterocycles. The molecule has 3 rings (SSSR count). The number of benzene rings is 3. The summed E-state index contributed by atoms with van der Waals surface area (Å²) >= 11 is 1.46. The molecule has 5 heteroatoms. The van der Waals surface area contributed by atoms with Crippen molar-refractivity contribution in [2.45, 2.75) is 30.9 Å². The SMILES string of the molecule is CC(=O)Nc1cccc(SC(C(=O)Nc2c(C)cccc2C)c2ccccc2)c1. The standard InChI is InChI=1S/C24H24N2O2S/c1-16-9-7-10-17(2)22(16)26-24(28)23(19-11-5-4-6-12-19)29-21-14-8-13-20(15-21)25-18(3)27/h4-15,23H,1-3H3,(H,25,27)(H,26,28). The van der Waals surface area contributed by atoms with Gasteiger partial charge in [0.2, 0.25) is 11.8 Å². The molecule has 0 saturated heterocycles. The van der Waals surface area contributed by atoms with Gasteiger partial charge in [0.25, 0.3) is 0 Å². The zero-order chi connectivity index (χ0) is 20.8. The summed E-state index contributed by atoms with van der Waals surface area (Å²) in [6.45, 7) is 5.46. The number of nitrogens with one attached hydrogen (secondary N) is 2. The third-order valence-electron chi connectivity index (χ3n) is 4.48. The van der Waals surface area contributed by atoms with E-state index in [4.69, 9.17) is 0 Å². The number of hydrogen-bond donors (Lipinski definition) is 2. The second kappa shape index (κ2) is 9.43. The van der Waals surface area contributed by atoms with Gasteiger partial charge in [-0.05, 0) is 48.7 Å². The normalized spacial score (nSPS) is 11.6. The van der Waals surface area contributed by atoms with Gasteiger partial charge >= 0.3 is 0 Å². The van der Waals surface area contributed by atoms with Crippen LogP contribution < -0.4 is 10.6 Å². The number of rotatable bonds is 6. The predicted octanol–water partition coefficient (Wildman–Crippen LogP) is 5.73. The minimum absolute atomic E-state index is 0.0801. The minimum atomic E-state index is -0.428. The highest BCUT2D eigenvalue weighted by atomic mass is 32.2. The molecule has 0 aromatic heterocycles. The first-order valence-corrected chi connectivity index (χ1v) is 10.3. The molecule has 0 fully saturated rings. The van der Waals surface area contributed by atoms with Gasteiger partial charge in [0.05, 0.1) is 0 Å². The van der Waals surface area contributed by atoms with Crippen molar-refractivity contribution in [2.75, 3.05) is 10.6 Å². The molecule has 3 aromatic rings. The molecule has 29 heavy (non-hydrogen) atoms. The van der Waals surface area contributed by atoms with Crippen LogP contribution in [0.3, 0.4) is 0 Å². The summed E-state index contributed by atoms with van der Waals surface area (Å²) in [4.78, 5) is 25.5. The van der Waals surface area contributed by atoms with Crippen LogP contribution in [0.2, 0.25) is 0 Å². The van der Waals surface area contributed by atoms with Gasteiger partial charge in [0, 0.05) is 23.2 Å². The quantitative estimate of drug-likeness (QED) is 0.516. The number of thioether (sulfide) groups is 1. The van der Waals surface area contributed by atoms with Crippen LogP contribution in [0, 0.1) is 13.8 Å². The van der Waals surface area contributed by atoms with Gasteiger partial charge in [-0.2, -0.15) is 0 Å². The molecular weight excluding hydrogens is 380 g/mol. The van der Waals surface area contributed by atoms with E-state index in [0.717, 1.165) is 27.3 Å². The van der Waals surface area contributed by atoms with Crippen molar-refractivity contribution in [2.24, 2.45) is 0 Å². The van der Waals surface area contributed by atoms with Crippen LogP contribution in [0.1, 0.15) is 28.9 Å². The number of carbonyl (C=O) groups is 2. The maximum Gasteiger partial charge on any atom is 0.242 e. The van der Waals surface area contributed by atoms with Crippen LogP contribution in [0.15, 0.2) is 77.7 Å². The molecule has 0 aliphatic carbocycles. The monoisotopic (exact) mass is 404 g/mol. The maximum absolute atomic E-state index is 13.3. The highest BCUT2D eigenvalue weighted by molar-refractivity contribution is 8.00. The zero-order valence-electron chi connectivity index (χ0n) is 16.7. The molecule has 0 radical (unpaired) electrons. The summed E-state index contributed by atoms with van der Waals surface area (Å²) in [6, 6.07) is 23.2. The second-order valence-electron chi connectivity index (χ2n) is 6.87. The average molecular weight is 405 g/mol. The summed E-state index contributed by atoms with van der Waals surface area (Å²) in [5.41, 5.74) is 4.55.